The van der Waals surface area contributed by atoms with Gasteiger partial charge in [-0.3, -0.25) is 24.2 Å². The lowest BCUT2D eigenvalue weighted by molar-refractivity contribution is -0.148. The molecule has 6 rings (SSSR count). The number of likely N-dealkylation sites (N-methyl/N-ethyl adjacent to an activating group) is 1. The number of likely N-dealkylation sites (tertiary alicyclic amines) is 1. The molecular weight excluding hydrogens is 825 g/mol. The molecule has 16 nitrogen and oxygen atoms in total. The van der Waals surface area contributed by atoms with Gasteiger partial charge in [0.2, 0.25) is 17.7 Å². The number of cyclic esters (lactones) is 1. The highest BCUT2D eigenvalue weighted by Crippen LogP contribution is 2.41. The molecule has 1 saturated heterocycles. The Labute approximate surface area is 376 Å². The van der Waals surface area contributed by atoms with Crippen LogP contribution in [-0.4, -0.2) is 120 Å². The van der Waals surface area contributed by atoms with E-state index in [1.165, 1.54) is 28.2 Å². The Morgan fingerprint density at radius 1 is 1.14 bits per heavy atom. The number of amides is 4. The number of aromatic nitrogens is 3. The van der Waals surface area contributed by atoms with Gasteiger partial charge in [0.1, 0.15) is 18.1 Å². The normalized spacial score (nSPS) is 20.8. The van der Waals surface area contributed by atoms with Crippen molar-refractivity contribution in [3.05, 3.63) is 58.2 Å². The van der Waals surface area contributed by atoms with Crippen molar-refractivity contribution in [1.29, 1.82) is 0 Å². The van der Waals surface area contributed by atoms with Gasteiger partial charge in [0.25, 0.3) is 0 Å². The van der Waals surface area contributed by atoms with E-state index in [1.807, 2.05) is 45.3 Å². The van der Waals surface area contributed by atoms with Crippen LogP contribution in [0.1, 0.15) is 79.1 Å². The monoisotopic (exact) mass is 890 g/mol. The van der Waals surface area contributed by atoms with E-state index in [9.17, 15) is 24.0 Å². The van der Waals surface area contributed by atoms with Gasteiger partial charge in [-0.25, -0.2) is 9.78 Å². The van der Waals surface area contributed by atoms with Crippen molar-refractivity contribution in [2.45, 2.75) is 91.0 Å². The molecule has 3 aromatic heterocycles. The Bertz CT molecular complexity index is 2340. The van der Waals surface area contributed by atoms with Crippen LogP contribution in [-0.2, 0) is 53.3 Å². The lowest BCUT2D eigenvalue weighted by Crippen LogP contribution is -2.57. The first-order valence-corrected chi connectivity index (χ1v) is 22.5. The van der Waals surface area contributed by atoms with Gasteiger partial charge in [-0.1, -0.05) is 33.8 Å². The van der Waals surface area contributed by atoms with Gasteiger partial charge in [-0.05, 0) is 68.4 Å². The number of aryl methyl sites for hydroxylation is 1. The van der Waals surface area contributed by atoms with E-state index in [-0.39, 0.29) is 53.3 Å². The third-order valence-corrected chi connectivity index (χ3v) is 13.1. The fourth-order valence-electron chi connectivity index (χ4n) is 8.72. The Kier molecular flexibility index (Phi) is 14.9. The lowest BCUT2D eigenvalue weighted by atomic mass is 9.84. The van der Waals surface area contributed by atoms with Crippen molar-refractivity contribution in [2.24, 2.45) is 30.0 Å². The van der Waals surface area contributed by atoms with Crippen molar-refractivity contribution < 1.29 is 41.0 Å². The predicted molar refractivity (Wildman–Crippen MR) is 245 cm³/mol. The molecule has 4 bridgehead atoms. The van der Waals surface area contributed by atoms with Gasteiger partial charge >= 0.3 is 12.1 Å². The number of nitrogens with one attached hydrogen (secondary N) is 2. The van der Waals surface area contributed by atoms with Gasteiger partial charge in [0, 0.05) is 89.1 Å². The summed E-state index contributed by atoms with van der Waals surface area (Å²) < 4.78 is 18.6. The van der Waals surface area contributed by atoms with Crippen LogP contribution in [0.3, 0.4) is 0 Å². The molecule has 4 aromatic rings. The van der Waals surface area contributed by atoms with Gasteiger partial charge in [-0.2, -0.15) is 0 Å². The topological polar surface area (TPSA) is 200 Å². The molecular formula is C46H66N8O8S. The van der Waals surface area contributed by atoms with Crippen LogP contribution in [0.2, 0.25) is 0 Å². The number of fused-ring (bicyclic) bond motifs is 4. The molecule has 0 unspecified atom stereocenters. The van der Waals surface area contributed by atoms with Crippen molar-refractivity contribution >= 4 is 52.0 Å². The fraction of sp³-hybridized carbons (Fsp3) is 0.543. The van der Waals surface area contributed by atoms with E-state index >= 15 is 0 Å². The minimum atomic E-state index is -1.04. The number of methoxy groups -OCH3 is 2. The highest BCUT2D eigenvalue weighted by molar-refractivity contribution is 7.10. The highest BCUT2D eigenvalue weighted by Gasteiger charge is 2.39. The molecule has 2 aliphatic heterocycles. The summed E-state index contributed by atoms with van der Waals surface area (Å²) in [5.41, 5.74) is 12.2. The molecule has 1 aromatic carbocycles. The van der Waals surface area contributed by atoms with Crippen LogP contribution in [0.4, 0.5) is 4.79 Å². The zero-order chi connectivity index (χ0) is 45.7. The molecule has 344 valence electrons. The van der Waals surface area contributed by atoms with Gasteiger partial charge in [-0.15, -0.1) is 11.3 Å². The van der Waals surface area contributed by atoms with Crippen LogP contribution in [0, 0.1) is 17.3 Å². The number of pyridine rings is 1. The Morgan fingerprint density at radius 2 is 1.90 bits per heavy atom. The summed E-state index contributed by atoms with van der Waals surface area (Å²) in [5.74, 6) is -2.52. The number of carbonyl (C=O) groups is 5. The van der Waals surface area contributed by atoms with Crippen molar-refractivity contribution in [2.75, 3.05) is 47.5 Å². The number of thiazole rings is 1. The van der Waals surface area contributed by atoms with Crippen LogP contribution in [0.25, 0.3) is 33.4 Å². The van der Waals surface area contributed by atoms with E-state index in [0.717, 1.165) is 39.0 Å². The van der Waals surface area contributed by atoms with Crippen molar-refractivity contribution in [3.63, 3.8) is 0 Å². The summed E-state index contributed by atoms with van der Waals surface area (Å²) in [6.45, 7) is 10.7. The largest absolute Gasteiger partial charge is 0.464 e. The van der Waals surface area contributed by atoms with Gasteiger partial charge in [0.15, 0.2) is 0 Å². The van der Waals surface area contributed by atoms with Crippen molar-refractivity contribution in [1.82, 2.24) is 35.0 Å². The number of ether oxygens (including phenoxy) is 3. The zero-order valence-electron chi connectivity index (χ0n) is 37.9. The minimum absolute atomic E-state index is 0. The molecule has 4 amide bonds. The first-order chi connectivity index (χ1) is 29.9. The minimum Gasteiger partial charge on any atom is -0.464 e. The van der Waals surface area contributed by atoms with E-state index in [0.29, 0.717) is 36.5 Å². The highest BCUT2D eigenvalue weighted by atomic mass is 32.1. The van der Waals surface area contributed by atoms with E-state index < -0.39 is 53.3 Å². The number of nitrogens with zero attached hydrogens (tertiary/aromatic N) is 5. The number of rotatable bonds is 8. The predicted octanol–water partition coefficient (Wildman–Crippen LogP) is 5.51. The number of benzene rings is 1. The molecule has 5 atom stereocenters. The third kappa shape index (κ3) is 10.5. The van der Waals surface area contributed by atoms with Crippen LogP contribution < -0.4 is 16.4 Å². The van der Waals surface area contributed by atoms with Crippen molar-refractivity contribution in [3.8, 4) is 22.5 Å². The van der Waals surface area contributed by atoms with Crippen LogP contribution >= 0.6 is 11.3 Å². The fourth-order valence-corrected chi connectivity index (χ4v) is 9.57. The Morgan fingerprint density at radius 3 is 2.62 bits per heavy atom. The molecule has 5 heterocycles. The summed E-state index contributed by atoms with van der Waals surface area (Å²) in [7, 11) is 6.58. The molecule has 63 heavy (non-hydrogen) atoms. The molecule has 0 radical (unpaired) electrons. The molecule has 17 heteroatoms. The number of hydrogen-bond acceptors (Lipinski definition) is 12. The first kappa shape index (κ1) is 47.1. The molecule has 0 spiro atoms. The summed E-state index contributed by atoms with van der Waals surface area (Å²) >= 11 is 1.39. The van der Waals surface area contributed by atoms with Gasteiger partial charge < -0.3 is 44.9 Å². The Balaban J connectivity index is 0.00000462. The van der Waals surface area contributed by atoms with E-state index in [2.05, 4.69) is 47.2 Å². The van der Waals surface area contributed by atoms with E-state index in [1.54, 1.807) is 20.4 Å². The molecule has 0 saturated carbocycles. The summed E-state index contributed by atoms with van der Waals surface area (Å²) in [5, 5.41) is 9.46. The summed E-state index contributed by atoms with van der Waals surface area (Å²) in [6, 6.07) is 7.35. The number of nitrogens with two attached hydrogens (primary N) is 1. The maximum atomic E-state index is 14.2. The average Bonchev–Trinajstić information content (AvgIpc) is 4.01. The smallest absolute Gasteiger partial charge is 0.409 e. The SMILES string of the molecule is COC(=O)N1CC[C@H](C(=O)N(C)[C@H](C(=O)N[C@H]2Cc3nc(cs3)-c3ccc4c(c3)c(c(-c3cccnc3[C@H](C)OC)n4C)CC(C)(C)COC(=O)[C@@H](N)CCCNC2=O)C(C)C)C1.[HH].[HH]. The number of carbonyl (C=O) groups excluding carboxylic acids is 5. The van der Waals surface area contributed by atoms with Crippen LogP contribution in [0.5, 0.6) is 0 Å². The van der Waals surface area contributed by atoms with Gasteiger partial charge in [0.05, 0.1) is 47.8 Å². The second-order valence-electron chi connectivity index (χ2n) is 17.9. The average molecular weight is 891 g/mol. The second kappa shape index (κ2) is 20.0. The van der Waals surface area contributed by atoms with Crippen LogP contribution in [0.15, 0.2) is 41.9 Å². The maximum Gasteiger partial charge on any atom is 0.409 e. The molecule has 0 aliphatic carbocycles. The maximum absolute atomic E-state index is 14.2. The molecule has 2 aliphatic rings. The second-order valence-corrected chi connectivity index (χ2v) is 18.8. The molecule has 1 fully saturated rings. The summed E-state index contributed by atoms with van der Waals surface area (Å²) in [6.07, 6.45) is 2.73. The van der Waals surface area contributed by atoms with E-state index in [4.69, 9.17) is 29.9 Å². The quantitative estimate of drug-likeness (QED) is 0.189. The zero-order valence-corrected chi connectivity index (χ0v) is 38.7. The first-order valence-electron chi connectivity index (χ1n) is 21.6. The number of esters is 1. The standard InChI is InChI=1S/C46H62N8O8S.2H2/c1-26(2)39(53(7)43(57)29-16-19-54(23-29)45(59)61-9)42(56)51-34-21-37-50-35(24-63-37)28-14-15-36-31(20-28)32(40(52(36)6)30-12-10-17-48-38(30)27(3)60-8)22-46(4,5)25-62-44(58)33(47)13-11-18-49-41(34)55;;/h10,12,14-15,17,20,24,26-27,29,33-34,39H,11,13,16,18-19,21-23,25,47H2,1-9H3,(H,49,55)(H,51,56);2*1H/t27-,29-,33-,34-,39-;;/m0../s1. The lowest BCUT2D eigenvalue weighted by Gasteiger charge is -2.33. The summed E-state index contributed by atoms with van der Waals surface area (Å²) in [4.78, 5) is 79.9. The third-order valence-electron chi connectivity index (χ3n) is 12.2. The Hall–Kier alpha value is -5.39. The number of hydrogen-bond donors (Lipinski definition) is 3. The molecule has 4 N–H and O–H groups in total.